The second-order valence-electron chi connectivity index (χ2n) is 2.58. The van der Waals surface area contributed by atoms with Gasteiger partial charge in [0, 0.05) is 6.07 Å². The molecule has 9 heteroatoms. The zero-order chi connectivity index (χ0) is 12.3. The highest BCUT2D eigenvalue weighted by atomic mass is 35.5. The summed E-state index contributed by atoms with van der Waals surface area (Å²) in [4.78, 5) is 0. The Kier molecular flexibility index (Phi) is 3.90. The first-order chi connectivity index (χ1) is 7.28. The molecule has 0 fully saturated rings. The molecular weight excluding hydrogens is 251 g/mol. The highest BCUT2D eigenvalue weighted by Gasteiger charge is 2.32. The molecule has 88 valence electrons. The first kappa shape index (κ1) is 13.0. The zero-order valence-corrected chi connectivity index (χ0v) is 8.29. The molecule has 4 nitrogen and oxygen atoms in total. The largest absolute Gasteiger partial charge is 0.707 e. The first-order valence-electron chi connectivity index (χ1n) is 3.86. The van der Waals surface area contributed by atoms with Crippen LogP contribution in [0.1, 0.15) is 0 Å². The minimum Gasteiger partial charge on any atom is -0.512 e. The van der Waals surface area contributed by atoms with Crippen LogP contribution in [0.4, 0.5) is 13.2 Å². The lowest BCUT2D eigenvalue weighted by atomic mass is 10.2. The van der Waals surface area contributed by atoms with Gasteiger partial charge in [-0.05, 0) is 12.1 Å². The van der Waals surface area contributed by atoms with Crippen molar-refractivity contribution in [3.05, 3.63) is 23.2 Å². The van der Waals surface area contributed by atoms with Crippen molar-refractivity contribution in [2.75, 3.05) is 0 Å². The molecule has 1 aromatic carbocycles. The molecule has 0 atom stereocenters. The van der Waals surface area contributed by atoms with Crippen LogP contribution in [0.2, 0.25) is 5.02 Å². The van der Waals surface area contributed by atoms with E-state index >= 15 is 0 Å². The van der Waals surface area contributed by atoms with Gasteiger partial charge < -0.3 is 19.4 Å². The van der Waals surface area contributed by atoms with Gasteiger partial charge in [-0.1, -0.05) is 11.6 Å². The van der Waals surface area contributed by atoms with Crippen molar-refractivity contribution < 1.29 is 32.6 Å². The fourth-order valence-electron chi connectivity index (χ4n) is 0.882. The molecule has 16 heavy (non-hydrogen) atoms. The molecule has 0 spiro atoms. The summed E-state index contributed by atoms with van der Waals surface area (Å²) in [6, 6.07) is 3.01. The van der Waals surface area contributed by atoms with Crippen molar-refractivity contribution >= 4 is 18.9 Å². The van der Waals surface area contributed by atoms with E-state index in [0.29, 0.717) is 0 Å². The van der Waals surface area contributed by atoms with Crippen LogP contribution >= 0.6 is 11.6 Å². The third-order valence-corrected chi connectivity index (χ3v) is 1.68. The summed E-state index contributed by atoms with van der Waals surface area (Å²) in [5.41, 5.74) is 0. The van der Waals surface area contributed by atoms with Crippen LogP contribution in [0.15, 0.2) is 18.2 Å². The Labute approximate surface area is 93.3 Å². The maximum atomic E-state index is 11.9. The van der Waals surface area contributed by atoms with E-state index in [4.69, 9.17) is 21.6 Å². The number of hydrogen-bond acceptors (Lipinski definition) is 4. The number of ether oxygens (including phenoxy) is 1. The molecule has 0 aliphatic carbocycles. The molecule has 0 amide bonds. The van der Waals surface area contributed by atoms with Crippen LogP contribution in [0.5, 0.6) is 11.5 Å². The summed E-state index contributed by atoms with van der Waals surface area (Å²) in [7, 11) is -2.14. The molecule has 0 bridgehead atoms. The highest BCUT2D eigenvalue weighted by Crippen LogP contribution is 2.33. The Bertz CT molecular complexity index is 371. The van der Waals surface area contributed by atoms with Crippen LogP contribution in [-0.4, -0.2) is 23.7 Å². The monoisotopic (exact) mass is 256 g/mol. The molecule has 0 saturated heterocycles. The summed E-state index contributed by atoms with van der Waals surface area (Å²) < 4.78 is 43.6. The van der Waals surface area contributed by atoms with Crippen molar-refractivity contribution in [3.8, 4) is 11.5 Å². The van der Waals surface area contributed by atoms with E-state index in [0.717, 1.165) is 18.2 Å². The summed E-state index contributed by atoms with van der Waals surface area (Å²) in [6.45, 7) is 0. The molecule has 1 rings (SSSR count). The second-order valence-corrected chi connectivity index (χ2v) is 2.99. The lowest BCUT2D eigenvalue weighted by Crippen LogP contribution is -2.21. The molecule has 1 aromatic rings. The predicted octanol–water partition coefficient (Wildman–Crippen LogP) is 1.59. The Hall–Kier alpha value is -1.12. The number of rotatable bonds is 3. The third kappa shape index (κ3) is 4.17. The Morgan fingerprint density at radius 2 is 1.88 bits per heavy atom. The van der Waals surface area contributed by atoms with E-state index in [1.54, 1.807) is 0 Å². The van der Waals surface area contributed by atoms with E-state index in [2.05, 4.69) is 9.39 Å². The van der Waals surface area contributed by atoms with Crippen LogP contribution in [0.3, 0.4) is 0 Å². The van der Waals surface area contributed by atoms with E-state index in [1.165, 1.54) is 0 Å². The summed E-state index contributed by atoms with van der Waals surface area (Å²) in [6.07, 6.45) is -4.89. The van der Waals surface area contributed by atoms with Gasteiger partial charge in [-0.2, -0.15) is 0 Å². The van der Waals surface area contributed by atoms with E-state index in [9.17, 15) is 13.2 Å². The normalized spacial score (nSPS) is 11.1. The smallest absolute Gasteiger partial charge is 0.512 e. The molecule has 0 aliphatic heterocycles. The van der Waals surface area contributed by atoms with Gasteiger partial charge in [-0.25, -0.2) is 0 Å². The van der Waals surface area contributed by atoms with E-state index in [1.807, 2.05) is 0 Å². The number of benzene rings is 1. The standard InChI is InChI=1S/C7H5BClF3O4/c9-5-2-1-4(16-8(13)14)3-6(5)15-7(10,11)12/h1-3,13-14H. The SMILES string of the molecule is OB(O)Oc1ccc(Cl)c(OC(F)(F)F)c1. The van der Waals surface area contributed by atoms with E-state index < -0.39 is 19.4 Å². The number of alkyl halides is 3. The molecule has 0 radical (unpaired) electrons. The van der Waals surface area contributed by atoms with Gasteiger partial charge >= 0.3 is 13.7 Å². The van der Waals surface area contributed by atoms with Gasteiger partial charge in [0.15, 0.2) is 5.75 Å². The van der Waals surface area contributed by atoms with Gasteiger partial charge in [0.25, 0.3) is 0 Å². The average Bonchev–Trinajstić information content (AvgIpc) is 2.07. The van der Waals surface area contributed by atoms with Gasteiger partial charge in [0.2, 0.25) is 0 Å². The summed E-state index contributed by atoms with van der Waals surface area (Å²) >= 11 is 5.43. The summed E-state index contributed by atoms with van der Waals surface area (Å²) in [5.74, 6) is -0.911. The minimum atomic E-state index is -4.89. The zero-order valence-electron chi connectivity index (χ0n) is 7.53. The van der Waals surface area contributed by atoms with Crippen LogP contribution in [0, 0.1) is 0 Å². The fourth-order valence-corrected chi connectivity index (χ4v) is 1.04. The van der Waals surface area contributed by atoms with Crippen molar-refractivity contribution in [2.45, 2.75) is 6.36 Å². The molecule has 0 aliphatic rings. The predicted molar refractivity (Wildman–Crippen MR) is 49.0 cm³/mol. The van der Waals surface area contributed by atoms with Crippen LogP contribution < -0.4 is 9.39 Å². The van der Waals surface area contributed by atoms with Crippen molar-refractivity contribution in [1.82, 2.24) is 0 Å². The molecule has 0 aromatic heterocycles. The lowest BCUT2D eigenvalue weighted by molar-refractivity contribution is -0.274. The Morgan fingerprint density at radius 3 is 2.38 bits per heavy atom. The van der Waals surface area contributed by atoms with E-state index in [-0.39, 0.29) is 10.8 Å². The number of halogens is 4. The molecule has 0 heterocycles. The van der Waals surface area contributed by atoms with Gasteiger partial charge in [-0.3, -0.25) is 0 Å². The first-order valence-corrected chi connectivity index (χ1v) is 4.24. The van der Waals surface area contributed by atoms with Crippen molar-refractivity contribution in [2.24, 2.45) is 0 Å². The molecule has 0 unspecified atom stereocenters. The van der Waals surface area contributed by atoms with Gasteiger partial charge in [0.05, 0.1) is 5.02 Å². The van der Waals surface area contributed by atoms with Gasteiger partial charge in [-0.15, -0.1) is 13.2 Å². The third-order valence-electron chi connectivity index (χ3n) is 1.37. The average molecular weight is 256 g/mol. The number of hydrogen-bond donors (Lipinski definition) is 2. The Balaban J connectivity index is 2.90. The van der Waals surface area contributed by atoms with Crippen LogP contribution in [-0.2, 0) is 0 Å². The minimum absolute atomic E-state index is 0.223. The van der Waals surface area contributed by atoms with Crippen LogP contribution in [0.25, 0.3) is 0 Å². The highest BCUT2D eigenvalue weighted by molar-refractivity contribution is 6.34. The second kappa shape index (κ2) is 4.81. The lowest BCUT2D eigenvalue weighted by Gasteiger charge is -2.12. The topological polar surface area (TPSA) is 58.9 Å². The maximum absolute atomic E-state index is 11.9. The Morgan fingerprint density at radius 1 is 1.25 bits per heavy atom. The quantitative estimate of drug-likeness (QED) is 0.806. The van der Waals surface area contributed by atoms with Crippen molar-refractivity contribution in [1.29, 1.82) is 0 Å². The molecular formula is C7H5BClF3O4. The van der Waals surface area contributed by atoms with Crippen molar-refractivity contribution in [3.63, 3.8) is 0 Å². The summed E-state index contributed by atoms with van der Waals surface area (Å²) in [5, 5.41) is 16.6. The van der Waals surface area contributed by atoms with Gasteiger partial charge in [0.1, 0.15) is 5.75 Å². The maximum Gasteiger partial charge on any atom is 0.707 e. The molecule has 2 N–H and O–H groups in total. The fraction of sp³-hybridized carbons (Fsp3) is 0.143. The molecule has 0 saturated carbocycles.